The number of carboxylic acids is 1. The third-order valence-corrected chi connectivity index (χ3v) is 7.20. The van der Waals surface area contributed by atoms with Crippen LogP contribution in [0.1, 0.15) is 29.2 Å². The van der Waals surface area contributed by atoms with E-state index in [1.54, 1.807) is 6.07 Å². The first-order valence-electron chi connectivity index (χ1n) is 11.6. The second-order valence-corrected chi connectivity index (χ2v) is 9.50. The van der Waals surface area contributed by atoms with E-state index in [1.807, 2.05) is 38.3 Å². The summed E-state index contributed by atoms with van der Waals surface area (Å²) < 4.78 is 24.7. The summed E-state index contributed by atoms with van der Waals surface area (Å²) in [4.78, 5) is 28.9. The molecular formula is C25H23FN4O4S. The maximum Gasteiger partial charge on any atom is 0.341 e. The Hall–Kier alpha value is -3.50. The highest BCUT2D eigenvalue weighted by Gasteiger charge is 2.28. The molecular weight excluding hydrogens is 471 g/mol. The molecule has 4 aromatic rings. The number of aromatic nitrogens is 2. The van der Waals surface area contributed by atoms with Crippen LogP contribution in [-0.4, -0.2) is 51.3 Å². The fourth-order valence-electron chi connectivity index (χ4n) is 4.89. The maximum atomic E-state index is 15.2. The Labute approximate surface area is 204 Å². The van der Waals surface area contributed by atoms with Gasteiger partial charge in [-0.2, -0.15) is 0 Å². The second kappa shape index (κ2) is 8.31. The molecule has 3 heterocycles. The molecule has 6 rings (SSSR count). The van der Waals surface area contributed by atoms with Gasteiger partial charge >= 0.3 is 5.97 Å². The molecule has 8 nitrogen and oxygen atoms in total. The van der Waals surface area contributed by atoms with E-state index < -0.39 is 17.2 Å². The molecule has 1 N–H and O–H groups in total. The molecule has 1 saturated carbocycles. The normalized spacial score (nSPS) is 16.9. The van der Waals surface area contributed by atoms with Crippen LogP contribution in [0.4, 0.5) is 10.1 Å². The predicted molar refractivity (Wildman–Crippen MR) is 132 cm³/mol. The molecule has 2 aromatic heterocycles. The molecule has 2 fully saturated rings. The van der Waals surface area contributed by atoms with Crippen molar-refractivity contribution < 1.29 is 18.7 Å². The Balaban J connectivity index is 1.27. The Morgan fingerprint density at radius 2 is 1.86 bits per heavy atom. The molecule has 1 aliphatic heterocycles. The van der Waals surface area contributed by atoms with E-state index in [0.29, 0.717) is 48.9 Å². The Kier molecular flexibility index (Phi) is 5.23. The van der Waals surface area contributed by atoms with Crippen molar-refractivity contribution in [2.75, 3.05) is 31.1 Å². The lowest BCUT2D eigenvalue weighted by Crippen LogP contribution is -2.47. The number of aromatic carboxylic acids is 1. The van der Waals surface area contributed by atoms with Crippen LogP contribution in [-0.2, 0) is 6.67 Å². The fourth-order valence-corrected chi connectivity index (χ4v) is 5.13. The Bertz CT molecular complexity index is 1600. The lowest BCUT2D eigenvalue weighted by Gasteiger charge is -2.36. The molecule has 1 saturated heterocycles. The van der Waals surface area contributed by atoms with Gasteiger partial charge in [0, 0.05) is 43.8 Å². The summed E-state index contributed by atoms with van der Waals surface area (Å²) in [6, 6.07) is 10.8. The highest BCUT2D eigenvalue weighted by atomic mass is 32.1. The van der Waals surface area contributed by atoms with Gasteiger partial charge in [0.25, 0.3) is 4.84 Å². The Morgan fingerprint density at radius 1 is 1.11 bits per heavy atom. The van der Waals surface area contributed by atoms with Gasteiger partial charge in [-0.15, -0.1) is 0 Å². The number of fused-ring (bicyclic) bond motifs is 2. The number of hydrogen-bond donors (Lipinski definition) is 1. The third kappa shape index (κ3) is 3.82. The maximum absolute atomic E-state index is 15.2. The van der Waals surface area contributed by atoms with Gasteiger partial charge in [0.05, 0.1) is 23.4 Å². The zero-order valence-corrected chi connectivity index (χ0v) is 19.6. The summed E-state index contributed by atoms with van der Waals surface area (Å²) in [7, 11) is 0. The molecule has 180 valence electrons. The number of piperazine rings is 1. The van der Waals surface area contributed by atoms with Crippen molar-refractivity contribution in [3.8, 4) is 0 Å². The average molecular weight is 495 g/mol. The van der Waals surface area contributed by atoms with Gasteiger partial charge in [-0.1, -0.05) is 12.1 Å². The van der Waals surface area contributed by atoms with Gasteiger partial charge in [-0.3, -0.25) is 14.3 Å². The molecule has 2 aliphatic rings. The van der Waals surface area contributed by atoms with Crippen molar-refractivity contribution in [3.63, 3.8) is 0 Å². The summed E-state index contributed by atoms with van der Waals surface area (Å²) >= 11 is 5.40. The number of rotatable bonds is 5. The van der Waals surface area contributed by atoms with Gasteiger partial charge in [-0.05, 0) is 49.3 Å². The lowest BCUT2D eigenvalue weighted by atomic mass is 10.1. The van der Waals surface area contributed by atoms with Crippen molar-refractivity contribution in [3.05, 3.63) is 69.0 Å². The standard InChI is InChI=1S/C25H23FN4O4S/c26-18-11-16-20(29(15-5-6-15)13-17(23(16)31)24(32)33)12-21(18)28-9-7-27(8-10-28)14-30-19-3-1-2-4-22(19)34-25(30)35/h1-4,11-13,15H,5-10,14H2,(H,32,33). The molecule has 2 aromatic carbocycles. The summed E-state index contributed by atoms with van der Waals surface area (Å²) in [5.41, 5.74) is 1.73. The average Bonchev–Trinajstić information content (AvgIpc) is 3.64. The monoisotopic (exact) mass is 494 g/mol. The van der Waals surface area contributed by atoms with Gasteiger partial charge < -0.3 is 19.0 Å². The van der Waals surface area contributed by atoms with Crippen LogP contribution in [0.2, 0.25) is 0 Å². The van der Waals surface area contributed by atoms with E-state index in [4.69, 9.17) is 16.6 Å². The molecule has 0 spiro atoms. The number of hydrogen-bond acceptors (Lipinski definition) is 6. The molecule has 0 bridgehead atoms. The van der Waals surface area contributed by atoms with E-state index in [0.717, 1.165) is 23.9 Å². The second-order valence-electron chi connectivity index (χ2n) is 9.15. The highest BCUT2D eigenvalue weighted by molar-refractivity contribution is 7.71. The summed E-state index contributed by atoms with van der Waals surface area (Å²) in [5.74, 6) is -1.81. The number of anilines is 1. The summed E-state index contributed by atoms with van der Waals surface area (Å²) in [6.07, 6.45) is 3.23. The summed E-state index contributed by atoms with van der Waals surface area (Å²) in [6.45, 7) is 3.19. The van der Waals surface area contributed by atoms with Crippen LogP contribution in [0.5, 0.6) is 0 Å². The Morgan fingerprint density at radius 3 is 2.57 bits per heavy atom. The fraction of sp³-hybridized carbons (Fsp3) is 0.320. The van der Waals surface area contributed by atoms with E-state index in [-0.39, 0.29) is 17.0 Å². The first-order valence-corrected chi connectivity index (χ1v) is 12.0. The highest BCUT2D eigenvalue weighted by Crippen LogP contribution is 2.38. The zero-order valence-electron chi connectivity index (χ0n) is 18.8. The molecule has 35 heavy (non-hydrogen) atoms. The quantitative estimate of drug-likeness (QED) is 0.416. The van der Waals surface area contributed by atoms with Crippen molar-refractivity contribution in [2.24, 2.45) is 0 Å². The SMILES string of the molecule is O=C(O)c1cn(C2CC2)c2cc(N3CCN(Cn4c(=S)oc5ccccc54)CC3)c(F)cc2c1=O. The molecule has 10 heteroatoms. The molecule has 0 unspecified atom stereocenters. The topological polar surface area (TPSA) is 83.8 Å². The van der Waals surface area contributed by atoms with Crippen molar-refractivity contribution >= 4 is 45.9 Å². The molecule has 0 amide bonds. The first kappa shape index (κ1) is 22.0. The number of halogens is 1. The van der Waals surface area contributed by atoms with Gasteiger partial charge in [0.2, 0.25) is 5.43 Å². The minimum atomic E-state index is -1.29. The number of benzene rings is 2. The minimum absolute atomic E-state index is 0.109. The number of carbonyl (C=O) groups is 1. The zero-order chi connectivity index (χ0) is 24.3. The third-order valence-electron chi connectivity index (χ3n) is 6.90. The van der Waals surface area contributed by atoms with Crippen LogP contribution >= 0.6 is 12.2 Å². The van der Waals surface area contributed by atoms with E-state index in [9.17, 15) is 14.7 Å². The minimum Gasteiger partial charge on any atom is -0.477 e. The number of para-hydroxylation sites is 2. The van der Waals surface area contributed by atoms with Gasteiger partial charge in [0.1, 0.15) is 11.4 Å². The van der Waals surface area contributed by atoms with Gasteiger partial charge in [0.15, 0.2) is 5.58 Å². The number of pyridine rings is 1. The predicted octanol–water partition coefficient (Wildman–Crippen LogP) is 4.23. The smallest absolute Gasteiger partial charge is 0.341 e. The molecule has 0 atom stereocenters. The van der Waals surface area contributed by atoms with Crippen LogP contribution < -0.4 is 10.3 Å². The van der Waals surface area contributed by atoms with E-state index in [1.165, 1.54) is 12.3 Å². The summed E-state index contributed by atoms with van der Waals surface area (Å²) in [5, 5.41) is 9.55. The van der Waals surface area contributed by atoms with Crippen LogP contribution in [0, 0.1) is 10.7 Å². The van der Waals surface area contributed by atoms with Crippen LogP contribution in [0.3, 0.4) is 0 Å². The van der Waals surface area contributed by atoms with E-state index in [2.05, 4.69) is 4.90 Å². The van der Waals surface area contributed by atoms with Crippen molar-refractivity contribution in [2.45, 2.75) is 25.6 Å². The number of carboxylic acid groups (broad SMARTS) is 1. The van der Waals surface area contributed by atoms with Crippen molar-refractivity contribution in [1.82, 2.24) is 14.0 Å². The molecule has 1 aliphatic carbocycles. The van der Waals surface area contributed by atoms with Crippen LogP contribution in [0.15, 0.2) is 51.8 Å². The lowest BCUT2D eigenvalue weighted by molar-refractivity contribution is 0.0695. The van der Waals surface area contributed by atoms with E-state index >= 15 is 4.39 Å². The number of nitrogens with zero attached hydrogens (tertiary/aromatic N) is 4. The first-order chi connectivity index (χ1) is 16.9. The number of oxazole rings is 1. The molecule has 0 radical (unpaired) electrons. The van der Waals surface area contributed by atoms with Crippen molar-refractivity contribution in [1.29, 1.82) is 0 Å². The van der Waals surface area contributed by atoms with Crippen LogP contribution in [0.25, 0.3) is 22.0 Å². The van der Waals surface area contributed by atoms with Gasteiger partial charge in [-0.25, -0.2) is 9.18 Å². The largest absolute Gasteiger partial charge is 0.477 e.